The van der Waals surface area contributed by atoms with Crippen molar-refractivity contribution in [2.24, 2.45) is 0 Å². The number of aromatic hydroxyl groups is 1. The number of aryl methyl sites for hydroxylation is 1. The predicted octanol–water partition coefficient (Wildman–Crippen LogP) is 1.91. The van der Waals surface area contributed by atoms with Gasteiger partial charge in [-0.15, -0.1) is 0 Å². The van der Waals surface area contributed by atoms with E-state index in [1.165, 1.54) is 4.57 Å². The number of hydrogen-bond acceptors (Lipinski definition) is 3. The van der Waals surface area contributed by atoms with Gasteiger partial charge in [0.25, 0.3) is 5.56 Å². The maximum atomic E-state index is 11.1. The largest absolute Gasteiger partial charge is 0.494 e. The van der Waals surface area contributed by atoms with E-state index in [9.17, 15) is 9.90 Å². The number of hydrogen-bond donors (Lipinski definition) is 2. The zero-order chi connectivity index (χ0) is 11.7. The van der Waals surface area contributed by atoms with Crippen LogP contribution in [0, 0.1) is 11.7 Å². The molecule has 0 aliphatic carbocycles. The van der Waals surface area contributed by atoms with Crippen LogP contribution in [0.4, 0.5) is 0 Å². The van der Waals surface area contributed by atoms with Gasteiger partial charge in [-0.2, -0.15) is 0 Å². The van der Waals surface area contributed by atoms with Crippen molar-refractivity contribution in [1.29, 1.82) is 0 Å². The first kappa shape index (κ1) is 10.6. The zero-order valence-electron chi connectivity index (χ0n) is 8.60. The molecule has 2 aromatic rings. The third-order valence-electron chi connectivity index (χ3n) is 2.18. The normalized spacial score (nSPS) is 10.3. The molecule has 0 saturated carbocycles. The molecule has 0 spiro atoms. The minimum absolute atomic E-state index is 0.167. The number of aromatic nitrogens is 2. The van der Waals surface area contributed by atoms with E-state index in [4.69, 9.17) is 12.2 Å². The third kappa shape index (κ3) is 1.90. The molecule has 5 heteroatoms. The molecular formula is C11H10N2O2S. The first-order valence-corrected chi connectivity index (χ1v) is 5.11. The Hall–Kier alpha value is -1.88. The van der Waals surface area contributed by atoms with Crippen LogP contribution < -0.4 is 5.56 Å². The van der Waals surface area contributed by atoms with Gasteiger partial charge < -0.3 is 5.11 Å². The lowest BCUT2D eigenvalue weighted by molar-refractivity contribution is 0.433. The van der Waals surface area contributed by atoms with Gasteiger partial charge in [-0.25, -0.2) is 0 Å². The number of H-pyrrole nitrogens is 1. The number of rotatable bonds is 1. The third-order valence-corrected chi connectivity index (χ3v) is 2.47. The first-order chi connectivity index (χ1) is 7.58. The van der Waals surface area contributed by atoms with Crippen molar-refractivity contribution in [3.63, 3.8) is 0 Å². The molecule has 0 amide bonds. The van der Waals surface area contributed by atoms with Crippen LogP contribution in [-0.4, -0.2) is 14.7 Å². The Morgan fingerprint density at radius 3 is 2.75 bits per heavy atom. The molecule has 0 radical (unpaired) electrons. The molecule has 1 aromatic carbocycles. The second-order valence-electron chi connectivity index (χ2n) is 3.47. The summed E-state index contributed by atoms with van der Waals surface area (Å²) in [5, 5.41) is 9.69. The van der Waals surface area contributed by atoms with Crippen LogP contribution in [0.5, 0.6) is 5.88 Å². The van der Waals surface area contributed by atoms with Gasteiger partial charge in [-0.05, 0) is 36.8 Å². The summed E-state index contributed by atoms with van der Waals surface area (Å²) in [7, 11) is 0. The summed E-state index contributed by atoms with van der Waals surface area (Å²) in [6, 6.07) is 8.57. The molecule has 2 rings (SSSR count). The van der Waals surface area contributed by atoms with E-state index in [2.05, 4.69) is 4.98 Å². The molecule has 2 N–H and O–H groups in total. The van der Waals surface area contributed by atoms with Crippen molar-refractivity contribution in [3.05, 3.63) is 51.0 Å². The van der Waals surface area contributed by atoms with Crippen molar-refractivity contribution < 1.29 is 5.11 Å². The van der Waals surface area contributed by atoms with Crippen LogP contribution >= 0.6 is 12.2 Å². The van der Waals surface area contributed by atoms with Gasteiger partial charge in [0.05, 0.1) is 11.8 Å². The zero-order valence-corrected chi connectivity index (χ0v) is 9.41. The van der Waals surface area contributed by atoms with Gasteiger partial charge in [-0.3, -0.25) is 14.3 Å². The molecule has 1 aromatic heterocycles. The van der Waals surface area contributed by atoms with E-state index in [0.717, 1.165) is 17.3 Å². The number of benzene rings is 1. The Bertz CT molecular complexity index is 643. The second-order valence-corrected chi connectivity index (χ2v) is 3.86. The van der Waals surface area contributed by atoms with E-state index in [-0.39, 0.29) is 10.7 Å². The molecule has 0 saturated heterocycles. The highest BCUT2D eigenvalue weighted by atomic mass is 32.1. The van der Waals surface area contributed by atoms with Crippen LogP contribution in [0.1, 0.15) is 5.56 Å². The smallest absolute Gasteiger partial charge is 0.255 e. The molecule has 0 bridgehead atoms. The molecule has 0 fully saturated rings. The summed E-state index contributed by atoms with van der Waals surface area (Å²) in [6.45, 7) is 1.94. The molecule has 0 unspecified atom stereocenters. The molecule has 0 aliphatic rings. The van der Waals surface area contributed by atoms with Gasteiger partial charge in [-0.1, -0.05) is 12.1 Å². The fourth-order valence-electron chi connectivity index (χ4n) is 1.50. The highest BCUT2D eigenvalue weighted by Crippen LogP contribution is 2.16. The Labute approximate surface area is 96.8 Å². The SMILES string of the molecule is Cc1cccc(-n2c(O)cc(=O)[nH]c2=S)c1. The minimum Gasteiger partial charge on any atom is -0.494 e. The number of nitrogens with one attached hydrogen (secondary N) is 1. The standard InChI is InChI=1S/C11H10N2O2S/c1-7-3-2-4-8(5-7)13-10(15)6-9(14)12-11(13)16/h2-6,15H,1H3,(H,12,14,16). The maximum Gasteiger partial charge on any atom is 0.255 e. The number of aromatic amines is 1. The molecule has 0 atom stereocenters. The van der Waals surface area contributed by atoms with Crippen LogP contribution in [0.2, 0.25) is 0 Å². The molecular weight excluding hydrogens is 224 g/mol. The summed E-state index contributed by atoms with van der Waals surface area (Å²) >= 11 is 5.00. The van der Waals surface area contributed by atoms with E-state index in [0.29, 0.717) is 0 Å². The lowest BCUT2D eigenvalue weighted by atomic mass is 10.2. The predicted molar refractivity (Wildman–Crippen MR) is 63.6 cm³/mol. The van der Waals surface area contributed by atoms with Crippen LogP contribution in [-0.2, 0) is 0 Å². The van der Waals surface area contributed by atoms with Gasteiger partial charge >= 0.3 is 0 Å². The van der Waals surface area contributed by atoms with Gasteiger partial charge in [0.2, 0.25) is 5.88 Å². The summed E-state index contributed by atoms with van der Waals surface area (Å²) in [5.74, 6) is -0.167. The van der Waals surface area contributed by atoms with Crippen molar-refractivity contribution in [2.45, 2.75) is 6.92 Å². The Balaban J connectivity index is 2.74. The monoisotopic (exact) mass is 234 g/mol. The van der Waals surface area contributed by atoms with Gasteiger partial charge in [0.1, 0.15) is 0 Å². The fraction of sp³-hybridized carbons (Fsp3) is 0.0909. The molecule has 1 heterocycles. The van der Waals surface area contributed by atoms with Crippen LogP contribution in [0.15, 0.2) is 35.1 Å². The molecule has 16 heavy (non-hydrogen) atoms. The minimum atomic E-state index is -0.411. The summed E-state index contributed by atoms with van der Waals surface area (Å²) in [5.41, 5.74) is 1.36. The molecule has 0 aliphatic heterocycles. The Kier molecular flexibility index (Phi) is 2.62. The lowest BCUT2D eigenvalue weighted by Gasteiger charge is -2.09. The Morgan fingerprint density at radius 2 is 2.12 bits per heavy atom. The van der Waals surface area contributed by atoms with E-state index >= 15 is 0 Å². The quantitative estimate of drug-likeness (QED) is 0.741. The maximum absolute atomic E-state index is 11.1. The summed E-state index contributed by atoms with van der Waals surface area (Å²) in [6.07, 6.45) is 0. The second kappa shape index (κ2) is 3.94. The van der Waals surface area contributed by atoms with Crippen molar-refractivity contribution in [1.82, 2.24) is 9.55 Å². The molecule has 82 valence electrons. The van der Waals surface area contributed by atoms with Crippen molar-refractivity contribution in [2.75, 3.05) is 0 Å². The summed E-state index contributed by atoms with van der Waals surface area (Å²) in [4.78, 5) is 13.5. The van der Waals surface area contributed by atoms with E-state index in [1.54, 1.807) is 6.07 Å². The van der Waals surface area contributed by atoms with Gasteiger partial charge in [0.15, 0.2) is 4.77 Å². The number of nitrogens with zero attached hydrogens (tertiary/aromatic N) is 1. The van der Waals surface area contributed by atoms with Crippen molar-refractivity contribution >= 4 is 12.2 Å². The lowest BCUT2D eigenvalue weighted by Crippen LogP contribution is -2.10. The molecule has 4 nitrogen and oxygen atoms in total. The Morgan fingerprint density at radius 1 is 1.38 bits per heavy atom. The average Bonchev–Trinajstić information content (AvgIpc) is 2.15. The van der Waals surface area contributed by atoms with E-state index in [1.807, 2.05) is 25.1 Å². The average molecular weight is 234 g/mol. The topological polar surface area (TPSA) is 58.0 Å². The fourth-order valence-corrected chi connectivity index (χ4v) is 1.80. The first-order valence-electron chi connectivity index (χ1n) is 4.70. The highest BCUT2D eigenvalue weighted by Gasteiger charge is 2.04. The van der Waals surface area contributed by atoms with Crippen molar-refractivity contribution in [3.8, 4) is 11.6 Å². The van der Waals surface area contributed by atoms with E-state index < -0.39 is 5.56 Å². The summed E-state index contributed by atoms with van der Waals surface area (Å²) < 4.78 is 1.58. The van der Waals surface area contributed by atoms with Crippen LogP contribution in [0.25, 0.3) is 5.69 Å². The van der Waals surface area contributed by atoms with Crippen LogP contribution in [0.3, 0.4) is 0 Å². The van der Waals surface area contributed by atoms with Gasteiger partial charge in [0, 0.05) is 0 Å². The highest BCUT2D eigenvalue weighted by molar-refractivity contribution is 7.71.